The highest BCUT2D eigenvalue weighted by Gasteiger charge is 2.41. The minimum absolute atomic E-state index is 0.273. The maximum absolute atomic E-state index is 12.7. The van der Waals surface area contributed by atoms with E-state index < -0.39 is 10.0 Å². The van der Waals surface area contributed by atoms with Crippen LogP contribution in [0.5, 0.6) is 5.75 Å². The molecule has 4 fully saturated rings. The smallest absolute Gasteiger partial charge is 0.240 e. The molecule has 2 bridgehead atoms. The lowest BCUT2D eigenvalue weighted by Crippen LogP contribution is -2.59. The summed E-state index contributed by atoms with van der Waals surface area (Å²) in [6.45, 7) is 7.69. The number of piperidine rings is 3. The zero-order valence-electron chi connectivity index (χ0n) is 19.7. The predicted octanol–water partition coefficient (Wildman–Crippen LogP) is 1.30. The van der Waals surface area contributed by atoms with E-state index in [4.69, 9.17) is 4.74 Å². The van der Waals surface area contributed by atoms with Crippen LogP contribution in [0, 0.1) is 11.8 Å². The standard InChI is InChI=1S/C24H34N6O3S/c1-33-22-3-5-23(6-4-22)34(31,32)27-16-21-15-19-7-10-30(21)18-20(19)17-28-11-13-29(14-12-28)24-25-8-2-9-26-24/h2-6,8-9,19-21,27H,7,10-18H2,1H3/t19-,20+,21+/m1/s1. The topological polar surface area (TPSA) is 90.9 Å². The third-order valence-electron chi connectivity index (χ3n) is 7.59. The summed E-state index contributed by atoms with van der Waals surface area (Å²) in [6.07, 6.45) is 5.88. The summed E-state index contributed by atoms with van der Waals surface area (Å²) in [7, 11) is -1.95. The number of anilines is 1. The van der Waals surface area contributed by atoms with Crippen molar-refractivity contribution >= 4 is 16.0 Å². The summed E-state index contributed by atoms with van der Waals surface area (Å²) < 4.78 is 33.5. The van der Waals surface area contributed by atoms with Crippen LogP contribution in [0.25, 0.3) is 0 Å². The van der Waals surface area contributed by atoms with Crippen molar-refractivity contribution in [1.29, 1.82) is 0 Å². The maximum atomic E-state index is 12.7. The van der Waals surface area contributed by atoms with Gasteiger partial charge < -0.3 is 9.64 Å². The lowest BCUT2D eigenvalue weighted by Gasteiger charge is -2.51. The van der Waals surface area contributed by atoms with Crippen LogP contribution in [0.2, 0.25) is 0 Å². The van der Waals surface area contributed by atoms with Gasteiger partial charge in [0.2, 0.25) is 16.0 Å². The van der Waals surface area contributed by atoms with Gasteiger partial charge in [-0.05, 0) is 61.6 Å². The van der Waals surface area contributed by atoms with Crippen molar-refractivity contribution in [2.45, 2.75) is 23.8 Å². The van der Waals surface area contributed by atoms with E-state index >= 15 is 0 Å². The molecule has 1 aromatic heterocycles. The first-order valence-electron chi connectivity index (χ1n) is 12.1. The fourth-order valence-corrected chi connectivity index (χ4v) is 6.70. The fraction of sp³-hybridized carbons (Fsp3) is 0.583. The second kappa shape index (κ2) is 10.2. The van der Waals surface area contributed by atoms with Crippen LogP contribution in [-0.2, 0) is 10.0 Å². The van der Waals surface area contributed by atoms with Gasteiger partial charge >= 0.3 is 0 Å². The Bertz CT molecular complexity index is 1040. The summed E-state index contributed by atoms with van der Waals surface area (Å²) >= 11 is 0. The summed E-state index contributed by atoms with van der Waals surface area (Å²) in [5, 5.41) is 0. The van der Waals surface area contributed by atoms with Gasteiger partial charge in [0.15, 0.2) is 0 Å². The van der Waals surface area contributed by atoms with Crippen molar-refractivity contribution in [2.75, 3.05) is 64.4 Å². The van der Waals surface area contributed by atoms with E-state index in [0.29, 0.717) is 24.1 Å². The second-order valence-corrected chi connectivity index (χ2v) is 11.3. The molecule has 6 rings (SSSR count). The number of hydrogen-bond acceptors (Lipinski definition) is 8. The van der Waals surface area contributed by atoms with Gasteiger partial charge in [-0.2, -0.15) is 0 Å². The molecule has 4 aliphatic heterocycles. The van der Waals surface area contributed by atoms with Crippen LogP contribution < -0.4 is 14.4 Å². The monoisotopic (exact) mass is 486 g/mol. The normalized spacial score (nSPS) is 27.6. The third kappa shape index (κ3) is 5.19. The van der Waals surface area contributed by atoms with Gasteiger partial charge in [0, 0.05) is 64.2 Å². The Balaban J connectivity index is 1.11. The molecule has 0 spiro atoms. The number of hydrogen-bond donors (Lipinski definition) is 1. The van der Waals surface area contributed by atoms with E-state index in [2.05, 4.69) is 29.4 Å². The summed E-state index contributed by atoms with van der Waals surface area (Å²) in [5.74, 6) is 2.79. The van der Waals surface area contributed by atoms with Crippen molar-refractivity contribution in [3.8, 4) is 5.75 Å². The Morgan fingerprint density at radius 1 is 1.06 bits per heavy atom. The van der Waals surface area contributed by atoms with E-state index in [0.717, 1.165) is 58.2 Å². The Morgan fingerprint density at radius 2 is 1.79 bits per heavy atom. The number of nitrogens with zero attached hydrogens (tertiary/aromatic N) is 5. The van der Waals surface area contributed by atoms with E-state index in [9.17, 15) is 8.42 Å². The number of rotatable bonds is 8. The van der Waals surface area contributed by atoms with Crippen LogP contribution in [0.1, 0.15) is 12.8 Å². The van der Waals surface area contributed by atoms with E-state index in [1.807, 2.05) is 6.07 Å². The average molecular weight is 487 g/mol. The number of piperazine rings is 1. The molecule has 2 aromatic rings. The quantitative estimate of drug-likeness (QED) is 0.597. The molecule has 0 saturated carbocycles. The van der Waals surface area contributed by atoms with Crippen LogP contribution in [-0.4, -0.2) is 93.7 Å². The van der Waals surface area contributed by atoms with Gasteiger partial charge in [0.05, 0.1) is 12.0 Å². The van der Waals surface area contributed by atoms with Gasteiger partial charge in [-0.25, -0.2) is 23.1 Å². The SMILES string of the molecule is COc1ccc(S(=O)(=O)NC[C@@H]2C[C@H]3CCN2C[C@@H]3CN2CCN(c3ncccn3)CC2)cc1. The van der Waals surface area contributed by atoms with Gasteiger partial charge in [-0.3, -0.25) is 9.80 Å². The Morgan fingerprint density at radius 3 is 2.44 bits per heavy atom. The van der Waals surface area contributed by atoms with E-state index in [-0.39, 0.29) is 10.9 Å². The van der Waals surface area contributed by atoms with Crippen LogP contribution >= 0.6 is 0 Å². The van der Waals surface area contributed by atoms with Crippen molar-refractivity contribution < 1.29 is 13.2 Å². The van der Waals surface area contributed by atoms with Gasteiger partial charge in [-0.15, -0.1) is 0 Å². The number of methoxy groups -OCH3 is 1. The molecular weight excluding hydrogens is 452 g/mol. The molecule has 4 atom stereocenters. The molecule has 0 radical (unpaired) electrons. The Labute approximate surface area is 202 Å². The van der Waals surface area contributed by atoms with E-state index in [1.54, 1.807) is 43.8 Å². The molecule has 1 aromatic carbocycles. The lowest BCUT2D eigenvalue weighted by atomic mass is 9.75. The Hall–Kier alpha value is -2.27. The third-order valence-corrected chi connectivity index (χ3v) is 9.03. The van der Waals surface area contributed by atoms with Crippen molar-refractivity contribution in [1.82, 2.24) is 24.5 Å². The predicted molar refractivity (Wildman–Crippen MR) is 130 cm³/mol. The molecule has 0 amide bonds. The molecule has 9 nitrogen and oxygen atoms in total. The van der Waals surface area contributed by atoms with Gasteiger partial charge in [-0.1, -0.05) is 0 Å². The van der Waals surface area contributed by atoms with Crippen LogP contribution in [0.4, 0.5) is 5.95 Å². The molecular formula is C24H34N6O3S. The first-order chi connectivity index (χ1) is 16.5. The molecule has 4 saturated heterocycles. The molecule has 1 N–H and O–H groups in total. The maximum Gasteiger partial charge on any atom is 0.240 e. The number of sulfonamides is 1. The van der Waals surface area contributed by atoms with Crippen LogP contribution in [0.3, 0.4) is 0 Å². The molecule has 1 unspecified atom stereocenters. The van der Waals surface area contributed by atoms with Crippen molar-refractivity contribution in [3.63, 3.8) is 0 Å². The average Bonchev–Trinajstić information content (AvgIpc) is 2.89. The molecule has 10 heteroatoms. The zero-order valence-corrected chi connectivity index (χ0v) is 20.5. The minimum atomic E-state index is -3.52. The van der Waals surface area contributed by atoms with Crippen LogP contribution in [0.15, 0.2) is 47.6 Å². The lowest BCUT2D eigenvalue weighted by molar-refractivity contribution is -0.0108. The Kier molecular flexibility index (Phi) is 7.01. The number of nitrogens with one attached hydrogen (secondary N) is 1. The second-order valence-electron chi connectivity index (χ2n) is 9.56. The molecule has 184 valence electrons. The number of ether oxygens (including phenoxy) is 1. The molecule has 34 heavy (non-hydrogen) atoms. The molecule has 5 heterocycles. The van der Waals surface area contributed by atoms with Crippen molar-refractivity contribution in [2.24, 2.45) is 11.8 Å². The largest absolute Gasteiger partial charge is 0.497 e. The zero-order chi connectivity index (χ0) is 23.5. The highest BCUT2D eigenvalue weighted by molar-refractivity contribution is 7.89. The number of fused-ring (bicyclic) bond motifs is 3. The van der Waals surface area contributed by atoms with Gasteiger partial charge in [0.1, 0.15) is 5.75 Å². The van der Waals surface area contributed by atoms with Crippen molar-refractivity contribution in [3.05, 3.63) is 42.7 Å². The first kappa shape index (κ1) is 23.5. The highest BCUT2D eigenvalue weighted by atomic mass is 32.2. The summed E-state index contributed by atoms with van der Waals surface area (Å²) in [4.78, 5) is 16.4. The van der Waals surface area contributed by atoms with E-state index in [1.165, 1.54) is 6.42 Å². The fourth-order valence-electron chi connectivity index (χ4n) is 5.63. The summed E-state index contributed by atoms with van der Waals surface area (Å²) in [6, 6.07) is 8.66. The number of benzene rings is 1. The molecule has 4 aliphatic rings. The number of aromatic nitrogens is 2. The molecule has 0 aliphatic carbocycles. The highest BCUT2D eigenvalue weighted by Crippen LogP contribution is 2.36. The summed E-state index contributed by atoms with van der Waals surface area (Å²) in [5.41, 5.74) is 0. The first-order valence-corrected chi connectivity index (χ1v) is 13.6. The van der Waals surface area contributed by atoms with Gasteiger partial charge in [0.25, 0.3) is 0 Å². The minimum Gasteiger partial charge on any atom is -0.497 e.